The number of rotatable bonds is 6. The minimum atomic E-state index is 0.462. The minimum Gasteiger partial charge on any atom is -0.383 e. The number of benzene rings is 1. The Hall–Kier alpha value is -1.87. The molecule has 1 aromatic carbocycles. The highest BCUT2D eigenvalue weighted by molar-refractivity contribution is 5.43. The van der Waals surface area contributed by atoms with Gasteiger partial charge in [-0.15, -0.1) is 0 Å². The van der Waals surface area contributed by atoms with Crippen LogP contribution in [0.2, 0.25) is 0 Å². The maximum absolute atomic E-state index is 4.21. The van der Waals surface area contributed by atoms with Gasteiger partial charge in [0.2, 0.25) is 0 Å². The fourth-order valence-electron chi connectivity index (χ4n) is 2.10. The van der Waals surface area contributed by atoms with Crippen LogP contribution in [0.4, 0.5) is 5.69 Å². The van der Waals surface area contributed by atoms with Gasteiger partial charge in [0.05, 0.1) is 0 Å². The second-order valence-corrected chi connectivity index (χ2v) is 5.32. The van der Waals surface area contributed by atoms with E-state index in [9.17, 15) is 0 Å². The molecule has 1 aromatic heterocycles. The van der Waals surface area contributed by atoms with E-state index in [1.54, 1.807) is 0 Å². The predicted molar refractivity (Wildman–Crippen MR) is 84.8 cm³/mol. The summed E-state index contributed by atoms with van der Waals surface area (Å²) in [5, 5.41) is 3.47. The van der Waals surface area contributed by atoms with Crippen LogP contribution in [0, 0.1) is 6.92 Å². The van der Waals surface area contributed by atoms with Crippen molar-refractivity contribution in [2.75, 3.05) is 18.9 Å². The molecule has 1 heterocycles. The molecule has 0 fully saturated rings. The lowest BCUT2D eigenvalue weighted by Crippen LogP contribution is -2.34. The van der Waals surface area contributed by atoms with Gasteiger partial charge in [0.15, 0.2) is 0 Å². The molecule has 1 unspecified atom stereocenters. The molecule has 2 rings (SSSR count). The maximum atomic E-state index is 4.21. The van der Waals surface area contributed by atoms with Gasteiger partial charge in [-0.2, -0.15) is 0 Å². The Balaban J connectivity index is 1.83. The first-order valence-corrected chi connectivity index (χ1v) is 7.06. The highest BCUT2D eigenvalue weighted by Crippen LogP contribution is 2.09. The van der Waals surface area contributed by atoms with Crippen LogP contribution in [-0.2, 0) is 6.54 Å². The highest BCUT2D eigenvalue weighted by Gasteiger charge is 2.09. The fraction of sp³-hybridized carbons (Fsp3) is 0.353. The molecule has 0 aliphatic rings. The standard InChI is InChI=1S/C17H23N3/c1-14-11-17(9-10-18-14)19-12-15(2)20(3)13-16-7-5-4-6-8-16/h4-11,15H,12-13H2,1-3H3,(H,18,19). The molecule has 0 amide bonds. The second-order valence-electron chi connectivity index (χ2n) is 5.32. The summed E-state index contributed by atoms with van der Waals surface area (Å²) in [7, 11) is 2.16. The average Bonchev–Trinajstić information content (AvgIpc) is 2.46. The van der Waals surface area contributed by atoms with Gasteiger partial charge in [-0.3, -0.25) is 9.88 Å². The number of pyridine rings is 1. The average molecular weight is 269 g/mol. The first-order valence-electron chi connectivity index (χ1n) is 7.06. The Morgan fingerprint density at radius 1 is 1.20 bits per heavy atom. The van der Waals surface area contributed by atoms with E-state index < -0.39 is 0 Å². The summed E-state index contributed by atoms with van der Waals surface area (Å²) in [6, 6.07) is 15.1. The topological polar surface area (TPSA) is 28.2 Å². The van der Waals surface area contributed by atoms with Crippen molar-refractivity contribution in [3.63, 3.8) is 0 Å². The van der Waals surface area contributed by atoms with Crippen LogP contribution in [0.15, 0.2) is 48.7 Å². The molecule has 0 radical (unpaired) electrons. The van der Waals surface area contributed by atoms with Crippen LogP contribution in [-0.4, -0.2) is 29.5 Å². The van der Waals surface area contributed by atoms with Crippen molar-refractivity contribution >= 4 is 5.69 Å². The number of anilines is 1. The Labute approximate surface area is 121 Å². The molecule has 1 atom stereocenters. The largest absolute Gasteiger partial charge is 0.383 e. The number of likely N-dealkylation sites (N-methyl/N-ethyl adjacent to an activating group) is 1. The van der Waals surface area contributed by atoms with Gasteiger partial charge >= 0.3 is 0 Å². The molecule has 0 aliphatic carbocycles. The SMILES string of the molecule is Cc1cc(NCC(C)N(C)Cc2ccccc2)ccn1. The third-order valence-electron chi connectivity index (χ3n) is 3.53. The van der Waals surface area contributed by atoms with E-state index in [2.05, 4.69) is 65.6 Å². The Bertz CT molecular complexity index is 525. The van der Waals surface area contributed by atoms with Crippen molar-refractivity contribution < 1.29 is 0 Å². The maximum Gasteiger partial charge on any atom is 0.0393 e. The van der Waals surface area contributed by atoms with E-state index in [1.165, 1.54) is 5.56 Å². The number of aromatic nitrogens is 1. The van der Waals surface area contributed by atoms with Crippen LogP contribution in [0.5, 0.6) is 0 Å². The molecular formula is C17H23N3. The van der Waals surface area contributed by atoms with Gasteiger partial charge in [0.25, 0.3) is 0 Å². The fourth-order valence-corrected chi connectivity index (χ4v) is 2.10. The lowest BCUT2D eigenvalue weighted by atomic mass is 10.2. The lowest BCUT2D eigenvalue weighted by Gasteiger charge is -2.25. The molecule has 0 saturated carbocycles. The van der Waals surface area contributed by atoms with Crippen molar-refractivity contribution in [3.05, 3.63) is 59.9 Å². The van der Waals surface area contributed by atoms with Gasteiger partial charge < -0.3 is 5.32 Å². The van der Waals surface area contributed by atoms with Gasteiger partial charge in [-0.1, -0.05) is 30.3 Å². The first-order chi connectivity index (χ1) is 9.65. The molecule has 0 aliphatic heterocycles. The van der Waals surface area contributed by atoms with Gasteiger partial charge in [0, 0.05) is 36.7 Å². The summed E-state index contributed by atoms with van der Waals surface area (Å²) in [5.74, 6) is 0. The summed E-state index contributed by atoms with van der Waals surface area (Å²) in [5.41, 5.74) is 3.53. The molecule has 3 heteroatoms. The summed E-state index contributed by atoms with van der Waals surface area (Å²) in [6.07, 6.45) is 1.84. The molecular weight excluding hydrogens is 246 g/mol. The number of aryl methyl sites for hydroxylation is 1. The quantitative estimate of drug-likeness (QED) is 0.872. The summed E-state index contributed by atoms with van der Waals surface area (Å²) in [6.45, 7) is 6.14. The Morgan fingerprint density at radius 3 is 2.65 bits per heavy atom. The molecule has 0 spiro atoms. The molecule has 1 N–H and O–H groups in total. The number of nitrogens with zero attached hydrogens (tertiary/aromatic N) is 2. The molecule has 0 saturated heterocycles. The van der Waals surface area contributed by atoms with Gasteiger partial charge in [0.1, 0.15) is 0 Å². The first kappa shape index (κ1) is 14.5. The molecule has 2 aromatic rings. The van der Waals surface area contributed by atoms with Crippen molar-refractivity contribution in [3.8, 4) is 0 Å². The Kier molecular flexibility index (Phi) is 5.13. The zero-order valence-electron chi connectivity index (χ0n) is 12.5. The summed E-state index contributed by atoms with van der Waals surface area (Å²) in [4.78, 5) is 6.56. The van der Waals surface area contributed by atoms with Gasteiger partial charge in [-0.25, -0.2) is 0 Å². The van der Waals surface area contributed by atoms with E-state index in [0.29, 0.717) is 6.04 Å². The molecule has 0 bridgehead atoms. The van der Waals surface area contributed by atoms with Crippen LogP contribution >= 0.6 is 0 Å². The van der Waals surface area contributed by atoms with Crippen LogP contribution < -0.4 is 5.32 Å². The zero-order chi connectivity index (χ0) is 14.4. The van der Waals surface area contributed by atoms with Crippen molar-refractivity contribution in [2.45, 2.75) is 26.4 Å². The van der Waals surface area contributed by atoms with E-state index in [0.717, 1.165) is 24.5 Å². The van der Waals surface area contributed by atoms with Crippen LogP contribution in [0.1, 0.15) is 18.2 Å². The molecule has 106 valence electrons. The number of nitrogens with one attached hydrogen (secondary N) is 1. The lowest BCUT2D eigenvalue weighted by molar-refractivity contribution is 0.259. The summed E-state index contributed by atoms with van der Waals surface area (Å²) >= 11 is 0. The van der Waals surface area contributed by atoms with Crippen LogP contribution in [0.3, 0.4) is 0 Å². The van der Waals surface area contributed by atoms with E-state index >= 15 is 0 Å². The minimum absolute atomic E-state index is 0.462. The zero-order valence-corrected chi connectivity index (χ0v) is 12.5. The number of hydrogen-bond acceptors (Lipinski definition) is 3. The van der Waals surface area contributed by atoms with Crippen molar-refractivity contribution in [2.24, 2.45) is 0 Å². The van der Waals surface area contributed by atoms with E-state index in [-0.39, 0.29) is 0 Å². The van der Waals surface area contributed by atoms with E-state index in [4.69, 9.17) is 0 Å². The summed E-state index contributed by atoms with van der Waals surface area (Å²) < 4.78 is 0. The smallest absolute Gasteiger partial charge is 0.0393 e. The number of hydrogen-bond donors (Lipinski definition) is 1. The van der Waals surface area contributed by atoms with Crippen molar-refractivity contribution in [1.82, 2.24) is 9.88 Å². The monoisotopic (exact) mass is 269 g/mol. The predicted octanol–water partition coefficient (Wildman–Crippen LogP) is 3.32. The van der Waals surface area contributed by atoms with Gasteiger partial charge in [-0.05, 0) is 38.6 Å². The third kappa shape index (κ3) is 4.35. The molecule has 20 heavy (non-hydrogen) atoms. The highest BCUT2D eigenvalue weighted by atomic mass is 15.1. The second kappa shape index (κ2) is 7.06. The van der Waals surface area contributed by atoms with Crippen molar-refractivity contribution in [1.29, 1.82) is 0 Å². The molecule has 3 nitrogen and oxygen atoms in total. The third-order valence-corrected chi connectivity index (χ3v) is 3.53. The van der Waals surface area contributed by atoms with E-state index in [1.807, 2.05) is 19.2 Å². The van der Waals surface area contributed by atoms with Crippen LogP contribution in [0.25, 0.3) is 0 Å². The normalized spacial score (nSPS) is 12.4. The Morgan fingerprint density at radius 2 is 1.95 bits per heavy atom.